The minimum absolute atomic E-state index is 0.0694. The molecule has 0 aromatic heterocycles. The zero-order valence-corrected chi connectivity index (χ0v) is 14.4. The van der Waals surface area contributed by atoms with Gasteiger partial charge in [-0.05, 0) is 42.5 Å². The maximum absolute atomic E-state index is 14.0. The van der Waals surface area contributed by atoms with Crippen LogP contribution >= 0.6 is 11.9 Å². The Morgan fingerprint density at radius 2 is 1.27 bits per heavy atom. The van der Waals surface area contributed by atoms with Crippen molar-refractivity contribution in [3.63, 3.8) is 0 Å². The summed E-state index contributed by atoms with van der Waals surface area (Å²) in [4.78, 5) is -0.921. The second-order valence-electron chi connectivity index (χ2n) is 6.13. The van der Waals surface area contributed by atoms with Crippen LogP contribution in [0.15, 0.2) is 29.2 Å². The topological polar surface area (TPSA) is 3.24 Å². The first-order valence-electron chi connectivity index (χ1n) is 8.09. The van der Waals surface area contributed by atoms with Gasteiger partial charge >= 0.3 is 0 Å². The van der Waals surface area contributed by atoms with Crippen LogP contribution in [0.2, 0.25) is 0 Å². The molecular formula is C18H15F6NS. The molecule has 0 unspecified atom stereocenters. The number of hydrogen-bond acceptors (Lipinski definition) is 2. The molecule has 0 bridgehead atoms. The third-order valence-electron chi connectivity index (χ3n) is 4.36. The molecule has 0 amide bonds. The molecule has 1 aliphatic rings. The summed E-state index contributed by atoms with van der Waals surface area (Å²) in [5.74, 6) is -10.2. The summed E-state index contributed by atoms with van der Waals surface area (Å²) < 4.78 is 82.9. The van der Waals surface area contributed by atoms with E-state index >= 15 is 0 Å². The van der Waals surface area contributed by atoms with Crippen molar-refractivity contribution in [3.05, 3.63) is 64.7 Å². The molecule has 0 N–H and O–H groups in total. The second-order valence-corrected chi connectivity index (χ2v) is 7.19. The molecule has 1 nitrogen and oxygen atoms in total. The van der Waals surface area contributed by atoms with E-state index in [2.05, 4.69) is 0 Å². The molecule has 3 rings (SSSR count). The van der Waals surface area contributed by atoms with Crippen LogP contribution in [-0.4, -0.2) is 10.3 Å². The minimum Gasteiger partial charge on any atom is -0.239 e. The molecule has 0 atom stereocenters. The molecule has 0 aliphatic heterocycles. The third kappa shape index (κ3) is 3.86. The number of hydrogen-bond donors (Lipinski definition) is 0. The van der Waals surface area contributed by atoms with Crippen molar-refractivity contribution in [2.45, 2.75) is 43.2 Å². The summed E-state index contributed by atoms with van der Waals surface area (Å²) in [7, 11) is 0. The number of rotatable bonds is 5. The zero-order chi connectivity index (χ0) is 18.8. The van der Waals surface area contributed by atoms with Crippen LogP contribution < -0.4 is 0 Å². The fraction of sp³-hybridized carbons (Fsp3) is 0.333. The van der Waals surface area contributed by atoms with Crippen molar-refractivity contribution in [1.29, 1.82) is 0 Å². The molecule has 8 heteroatoms. The fourth-order valence-corrected chi connectivity index (χ4v) is 4.13. The molecule has 2 aromatic carbocycles. The monoisotopic (exact) mass is 391 g/mol. The summed E-state index contributed by atoms with van der Waals surface area (Å²) in [6.45, 7) is 0.190. The average Bonchev–Trinajstić information content (AvgIpc) is 3.17. The lowest BCUT2D eigenvalue weighted by Crippen LogP contribution is -2.27. The lowest BCUT2D eigenvalue weighted by molar-refractivity contribution is 0.339. The van der Waals surface area contributed by atoms with E-state index in [0.717, 1.165) is 25.7 Å². The standard InChI is InChI=1S/C18H15F6NS/c19-11-7-5-10(6-8-11)9-25(12-3-1-2-4-12)26-18-16(23)14(21)13(20)15(22)17(18)24/h5-8,12H,1-4,9H2. The zero-order valence-electron chi connectivity index (χ0n) is 13.5. The largest absolute Gasteiger partial charge is 0.239 e. The molecule has 1 aliphatic carbocycles. The average molecular weight is 391 g/mol. The van der Waals surface area contributed by atoms with E-state index in [1.165, 1.54) is 24.3 Å². The highest BCUT2D eigenvalue weighted by atomic mass is 32.2. The molecule has 1 fully saturated rings. The van der Waals surface area contributed by atoms with Crippen LogP contribution in [0.25, 0.3) is 0 Å². The van der Waals surface area contributed by atoms with Crippen LogP contribution in [0.5, 0.6) is 0 Å². The van der Waals surface area contributed by atoms with Gasteiger partial charge in [-0.2, -0.15) is 0 Å². The van der Waals surface area contributed by atoms with Crippen molar-refractivity contribution in [2.24, 2.45) is 0 Å². The van der Waals surface area contributed by atoms with Crippen LogP contribution in [0.4, 0.5) is 26.3 Å². The van der Waals surface area contributed by atoms with Gasteiger partial charge in [0.15, 0.2) is 23.3 Å². The van der Waals surface area contributed by atoms with Gasteiger partial charge in [0.1, 0.15) is 10.7 Å². The molecule has 0 radical (unpaired) electrons. The Morgan fingerprint density at radius 1 is 0.769 bits per heavy atom. The van der Waals surface area contributed by atoms with E-state index in [9.17, 15) is 26.3 Å². The minimum atomic E-state index is -2.17. The number of benzene rings is 2. The SMILES string of the molecule is Fc1ccc(CN(Sc2c(F)c(F)c(F)c(F)c2F)C2CCCC2)cc1. The highest BCUT2D eigenvalue weighted by molar-refractivity contribution is 7.97. The Morgan fingerprint density at radius 3 is 1.81 bits per heavy atom. The molecule has 0 heterocycles. The van der Waals surface area contributed by atoms with E-state index in [1.807, 2.05) is 0 Å². The van der Waals surface area contributed by atoms with Gasteiger partial charge in [-0.1, -0.05) is 25.0 Å². The van der Waals surface area contributed by atoms with E-state index in [-0.39, 0.29) is 12.6 Å². The summed E-state index contributed by atoms with van der Waals surface area (Å²) in [5.41, 5.74) is 0.676. The van der Waals surface area contributed by atoms with Gasteiger partial charge in [0.25, 0.3) is 0 Å². The van der Waals surface area contributed by atoms with E-state index in [1.54, 1.807) is 4.31 Å². The Hall–Kier alpha value is -1.67. The Balaban J connectivity index is 1.92. The highest BCUT2D eigenvalue weighted by Gasteiger charge is 2.30. The molecule has 0 saturated heterocycles. The van der Waals surface area contributed by atoms with Crippen molar-refractivity contribution in [3.8, 4) is 0 Å². The normalized spacial score (nSPS) is 15.2. The van der Waals surface area contributed by atoms with Gasteiger partial charge < -0.3 is 0 Å². The molecule has 26 heavy (non-hydrogen) atoms. The lowest BCUT2D eigenvalue weighted by atomic mass is 10.2. The summed E-state index contributed by atoms with van der Waals surface area (Å²) in [5, 5.41) is 0. The van der Waals surface area contributed by atoms with Crippen LogP contribution in [-0.2, 0) is 6.54 Å². The van der Waals surface area contributed by atoms with Crippen molar-refractivity contribution >= 4 is 11.9 Å². The van der Waals surface area contributed by atoms with Gasteiger partial charge in [-0.3, -0.25) is 0 Å². The quantitative estimate of drug-likeness (QED) is 0.267. The van der Waals surface area contributed by atoms with E-state index in [4.69, 9.17) is 0 Å². The molecule has 1 saturated carbocycles. The Labute approximate surface area is 151 Å². The number of halogens is 6. The van der Waals surface area contributed by atoms with Gasteiger partial charge in [0, 0.05) is 12.6 Å². The van der Waals surface area contributed by atoms with Crippen LogP contribution in [0, 0.1) is 34.9 Å². The van der Waals surface area contributed by atoms with Crippen molar-refractivity contribution < 1.29 is 26.3 Å². The van der Waals surface area contributed by atoms with Crippen molar-refractivity contribution in [1.82, 2.24) is 4.31 Å². The fourth-order valence-electron chi connectivity index (χ4n) is 2.98. The van der Waals surface area contributed by atoms with E-state index in [0.29, 0.717) is 17.5 Å². The van der Waals surface area contributed by atoms with Crippen LogP contribution in [0.1, 0.15) is 31.2 Å². The highest BCUT2D eigenvalue weighted by Crippen LogP contribution is 2.38. The summed E-state index contributed by atoms with van der Waals surface area (Å²) in [6, 6.07) is 5.49. The second kappa shape index (κ2) is 7.92. The molecule has 140 valence electrons. The van der Waals surface area contributed by atoms with Gasteiger partial charge in [0.05, 0.1) is 0 Å². The van der Waals surface area contributed by atoms with Gasteiger partial charge in [-0.25, -0.2) is 30.6 Å². The van der Waals surface area contributed by atoms with Crippen molar-refractivity contribution in [2.75, 3.05) is 0 Å². The maximum atomic E-state index is 14.0. The smallest absolute Gasteiger partial charge is 0.200 e. The first kappa shape index (κ1) is 19.1. The predicted molar refractivity (Wildman–Crippen MR) is 86.3 cm³/mol. The molecule has 0 spiro atoms. The maximum Gasteiger partial charge on any atom is 0.200 e. The Bertz CT molecular complexity index is 760. The first-order valence-corrected chi connectivity index (χ1v) is 8.86. The van der Waals surface area contributed by atoms with Gasteiger partial charge in [-0.15, -0.1) is 0 Å². The summed E-state index contributed by atoms with van der Waals surface area (Å²) in [6.07, 6.45) is 3.34. The Kier molecular flexibility index (Phi) is 5.82. The molecular weight excluding hydrogens is 376 g/mol. The van der Waals surface area contributed by atoms with E-state index < -0.39 is 39.8 Å². The summed E-state index contributed by atoms with van der Waals surface area (Å²) >= 11 is 0.518. The van der Waals surface area contributed by atoms with Gasteiger partial charge in [0.2, 0.25) is 5.82 Å². The number of nitrogens with zero attached hydrogens (tertiary/aromatic N) is 1. The van der Waals surface area contributed by atoms with Crippen LogP contribution in [0.3, 0.4) is 0 Å². The third-order valence-corrected chi connectivity index (χ3v) is 5.56. The first-order chi connectivity index (χ1) is 12.4. The molecule has 2 aromatic rings. The lowest BCUT2D eigenvalue weighted by Gasteiger charge is -2.28. The predicted octanol–water partition coefficient (Wildman–Crippen LogP) is 5.97.